The number of alkyl halides is 1. The third-order valence-corrected chi connectivity index (χ3v) is 2.27. The monoisotopic (exact) mass is 241 g/mol. The van der Waals surface area contributed by atoms with Gasteiger partial charge in [-0.1, -0.05) is 12.1 Å². The topological polar surface area (TPSA) is 66.4 Å². The van der Waals surface area contributed by atoms with E-state index in [9.17, 15) is 9.59 Å². The van der Waals surface area contributed by atoms with Crippen molar-refractivity contribution in [1.82, 2.24) is 5.32 Å². The van der Waals surface area contributed by atoms with E-state index in [0.717, 1.165) is 5.56 Å². The van der Waals surface area contributed by atoms with Crippen LogP contribution in [0.3, 0.4) is 0 Å². The Kier molecular flexibility index (Phi) is 4.79. The minimum atomic E-state index is -0.952. The number of aromatic carboxylic acids is 1. The molecule has 0 saturated heterocycles. The molecule has 0 heterocycles. The lowest BCUT2D eigenvalue weighted by molar-refractivity contribution is -0.118. The van der Waals surface area contributed by atoms with Gasteiger partial charge in [0.05, 0.1) is 5.56 Å². The molecule has 0 spiro atoms. The summed E-state index contributed by atoms with van der Waals surface area (Å²) in [6.45, 7) is 0.453. The molecule has 0 aromatic heterocycles. The van der Waals surface area contributed by atoms with E-state index in [0.29, 0.717) is 13.0 Å². The molecule has 1 aromatic carbocycles. The van der Waals surface area contributed by atoms with Crippen LogP contribution in [0.5, 0.6) is 0 Å². The summed E-state index contributed by atoms with van der Waals surface area (Å²) >= 11 is 5.31. The quantitative estimate of drug-likeness (QED) is 0.764. The maximum Gasteiger partial charge on any atom is 0.335 e. The summed E-state index contributed by atoms with van der Waals surface area (Å²) in [7, 11) is 0. The lowest BCUT2D eigenvalue weighted by atomic mass is 10.1. The molecule has 5 heteroatoms. The number of carboxylic acid groups (broad SMARTS) is 1. The van der Waals surface area contributed by atoms with E-state index < -0.39 is 5.97 Å². The molecular weight excluding hydrogens is 230 g/mol. The van der Waals surface area contributed by atoms with E-state index in [1.807, 2.05) is 6.07 Å². The highest BCUT2D eigenvalue weighted by molar-refractivity contribution is 6.27. The summed E-state index contributed by atoms with van der Waals surface area (Å²) in [6.07, 6.45) is 0.587. The lowest BCUT2D eigenvalue weighted by Gasteiger charge is -2.04. The molecule has 0 atom stereocenters. The molecule has 0 aliphatic rings. The van der Waals surface area contributed by atoms with E-state index in [4.69, 9.17) is 16.7 Å². The fraction of sp³-hybridized carbons (Fsp3) is 0.273. The van der Waals surface area contributed by atoms with Crippen LogP contribution in [0.15, 0.2) is 24.3 Å². The fourth-order valence-electron chi connectivity index (χ4n) is 1.25. The van der Waals surface area contributed by atoms with Gasteiger partial charge < -0.3 is 10.4 Å². The molecule has 16 heavy (non-hydrogen) atoms. The van der Waals surface area contributed by atoms with Crippen molar-refractivity contribution >= 4 is 23.5 Å². The van der Waals surface area contributed by atoms with Crippen molar-refractivity contribution in [2.24, 2.45) is 0 Å². The highest BCUT2D eigenvalue weighted by Gasteiger charge is 2.03. The van der Waals surface area contributed by atoms with Gasteiger partial charge in [0.1, 0.15) is 5.88 Å². The minimum absolute atomic E-state index is 0.0604. The largest absolute Gasteiger partial charge is 0.478 e. The Hall–Kier alpha value is -1.55. The molecule has 1 aromatic rings. The van der Waals surface area contributed by atoms with Gasteiger partial charge in [-0.3, -0.25) is 4.79 Å². The molecule has 2 N–H and O–H groups in total. The predicted octanol–water partition coefficient (Wildman–Crippen LogP) is 1.28. The number of carbonyl (C=O) groups is 2. The van der Waals surface area contributed by atoms with Crippen LogP contribution >= 0.6 is 11.6 Å². The van der Waals surface area contributed by atoms with E-state index in [2.05, 4.69) is 5.32 Å². The van der Waals surface area contributed by atoms with Crippen LogP contribution in [-0.4, -0.2) is 29.4 Å². The minimum Gasteiger partial charge on any atom is -0.478 e. The Morgan fingerprint density at radius 1 is 1.38 bits per heavy atom. The Morgan fingerprint density at radius 2 is 2.12 bits per heavy atom. The molecule has 0 fully saturated rings. The maximum absolute atomic E-state index is 10.8. The number of benzene rings is 1. The summed E-state index contributed by atoms with van der Waals surface area (Å²) in [5, 5.41) is 11.4. The van der Waals surface area contributed by atoms with E-state index in [1.165, 1.54) is 6.07 Å². The van der Waals surface area contributed by atoms with Gasteiger partial charge in [-0.15, -0.1) is 11.6 Å². The number of hydrogen-bond donors (Lipinski definition) is 2. The van der Waals surface area contributed by atoms with Crippen LogP contribution < -0.4 is 5.32 Å². The van der Waals surface area contributed by atoms with Gasteiger partial charge in [0.15, 0.2) is 0 Å². The molecule has 4 nitrogen and oxygen atoms in total. The van der Waals surface area contributed by atoms with Crippen LogP contribution in [0.1, 0.15) is 15.9 Å². The van der Waals surface area contributed by atoms with Crippen molar-refractivity contribution in [3.8, 4) is 0 Å². The molecule has 0 aliphatic carbocycles. The summed E-state index contributed by atoms with van der Waals surface area (Å²) in [5.74, 6) is -1.24. The van der Waals surface area contributed by atoms with Gasteiger partial charge in [0.25, 0.3) is 0 Å². The first-order valence-corrected chi connectivity index (χ1v) is 5.32. The van der Waals surface area contributed by atoms with Gasteiger partial charge in [-0.25, -0.2) is 4.79 Å². The van der Waals surface area contributed by atoms with E-state index in [-0.39, 0.29) is 17.4 Å². The zero-order chi connectivity index (χ0) is 12.0. The van der Waals surface area contributed by atoms with Crippen molar-refractivity contribution in [2.75, 3.05) is 12.4 Å². The van der Waals surface area contributed by atoms with Crippen LogP contribution in [0.25, 0.3) is 0 Å². The molecule has 0 saturated carbocycles. The zero-order valence-electron chi connectivity index (χ0n) is 8.57. The van der Waals surface area contributed by atoms with Crippen molar-refractivity contribution in [2.45, 2.75) is 6.42 Å². The Morgan fingerprint density at radius 3 is 2.75 bits per heavy atom. The number of amides is 1. The molecule has 0 aliphatic heterocycles. The molecule has 86 valence electrons. The smallest absolute Gasteiger partial charge is 0.335 e. The van der Waals surface area contributed by atoms with Crippen LogP contribution in [-0.2, 0) is 11.2 Å². The molecule has 1 amide bonds. The number of carboxylic acids is 1. The Balaban J connectivity index is 2.51. The van der Waals surface area contributed by atoms with Crippen LogP contribution in [0.4, 0.5) is 0 Å². The first-order valence-electron chi connectivity index (χ1n) is 4.78. The summed E-state index contributed by atoms with van der Waals surface area (Å²) in [5.41, 5.74) is 1.12. The highest BCUT2D eigenvalue weighted by atomic mass is 35.5. The maximum atomic E-state index is 10.8. The Labute approximate surface area is 98.2 Å². The fourth-order valence-corrected chi connectivity index (χ4v) is 1.35. The molecule has 0 radical (unpaired) electrons. The normalized spacial score (nSPS) is 9.81. The average Bonchev–Trinajstić information content (AvgIpc) is 2.29. The molecule has 0 bridgehead atoms. The van der Waals surface area contributed by atoms with Gasteiger partial charge in [-0.2, -0.15) is 0 Å². The summed E-state index contributed by atoms with van der Waals surface area (Å²) in [4.78, 5) is 21.5. The van der Waals surface area contributed by atoms with Crippen LogP contribution in [0, 0.1) is 0 Å². The van der Waals surface area contributed by atoms with E-state index >= 15 is 0 Å². The van der Waals surface area contributed by atoms with E-state index in [1.54, 1.807) is 12.1 Å². The molecular formula is C11H12ClNO3. The van der Waals surface area contributed by atoms with Crippen molar-refractivity contribution < 1.29 is 14.7 Å². The summed E-state index contributed by atoms with van der Waals surface area (Å²) < 4.78 is 0. The number of halogens is 1. The lowest BCUT2D eigenvalue weighted by Crippen LogP contribution is -2.26. The SMILES string of the molecule is O=C(CCl)NCCc1cccc(C(=O)O)c1. The van der Waals surface area contributed by atoms with Crippen molar-refractivity contribution in [3.63, 3.8) is 0 Å². The summed E-state index contributed by atoms with van der Waals surface area (Å²) in [6, 6.07) is 6.62. The number of hydrogen-bond acceptors (Lipinski definition) is 2. The second-order valence-electron chi connectivity index (χ2n) is 3.24. The second kappa shape index (κ2) is 6.12. The number of carbonyl (C=O) groups excluding carboxylic acids is 1. The van der Waals surface area contributed by atoms with Gasteiger partial charge in [0, 0.05) is 6.54 Å². The van der Waals surface area contributed by atoms with Gasteiger partial charge in [0.2, 0.25) is 5.91 Å². The first-order chi connectivity index (χ1) is 7.63. The second-order valence-corrected chi connectivity index (χ2v) is 3.51. The van der Waals surface area contributed by atoms with Gasteiger partial charge in [-0.05, 0) is 24.1 Å². The van der Waals surface area contributed by atoms with Gasteiger partial charge >= 0.3 is 5.97 Å². The predicted molar refractivity (Wildman–Crippen MR) is 60.8 cm³/mol. The third kappa shape index (κ3) is 3.90. The van der Waals surface area contributed by atoms with Crippen LogP contribution in [0.2, 0.25) is 0 Å². The zero-order valence-corrected chi connectivity index (χ0v) is 9.33. The first kappa shape index (κ1) is 12.5. The standard InChI is InChI=1S/C11H12ClNO3/c12-7-10(14)13-5-4-8-2-1-3-9(6-8)11(15)16/h1-3,6H,4-5,7H2,(H,13,14)(H,15,16). The Bertz CT molecular complexity index is 393. The average molecular weight is 242 g/mol. The molecule has 1 rings (SSSR count). The number of nitrogens with one attached hydrogen (secondary N) is 1. The van der Waals surface area contributed by atoms with Crippen molar-refractivity contribution in [1.29, 1.82) is 0 Å². The third-order valence-electron chi connectivity index (χ3n) is 2.03. The molecule has 0 unspecified atom stereocenters. The highest BCUT2D eigenvalue weighted by Crippen LogP contribution is 2.05. The number of rotatable bonds is 5. The van der Waals surface area contributed by atoms with Crippen molar-refractivity contribution in [3.05, 3.63) is 35.4 Å².